The van der Waals surface area contributed by atoms with E-state index in [1.54, 1.807) is 0 Å². The molecule has 0 bridgehead atoms. The predicted octanol–water partition coefficient (Wildman–Crippen LogP) is 3.48. The minimum absolute atomic E-state index is 0.263. The summed E-state index contributed by atoms with van der Waals surface area (Å²) < 4.78 is 0. The normalized spacial score (nSPS) is 25.6. The zero-order valence-electron chi connectivity index (χ0n) is 10.8. The minimum Gasteiger partial charge on any atom is -0.313 e. The van der Waals surface area contributed by atoms with Crippen LogP contribution in [0, 0.1) is 23.2 Å². The molecule has 1 fully saturated rings. The van der Waals surface area contributed by atoms with Gasteiger partial charge in [0.2, 0.25) is 0 Å². The molecule has 2 nitrogen and oxygen atoms in total. The van der Waals surface area contributed by atoms with Crippen LogP contribution in [0.2, 0.25) is 0 Å². The number of nitriles is 1. The summed E-state index contributed by atoms with van der Waals surface area (Å²) in [6.45, 7) is 5.65. The van der Waals surface area contributed by atoms with Crippen LogP contribution >= 0.6 is 0 Å². The van der Waals surface area contributed by atoms with E-state index < -0.39 is 0 Å². The van der Waals surface area contributed by atoms with E-state index in [0.29, 0.717) is 6.04 Å². The van der Waals surface area contributed by atoms with Crippen LogP contribution in [0.5, 0.6) is 0 Å². The first-order valence-electron chi connectivity index (χ1n) is 6.87. The van der Waals surface area contributed by atoms with E-state index in [-0.39, 0.29) is 5.92 Å². The highest BCUT2D eigenvalue weighted by Crippen LogP contribution is 2.23. The molecule has 0 aromatic rings. The zero-order valence-corrected chi connectivity index (χ0v) is 10.8. The van der Waals surface area contributed by atoms with Gasteiger partial charge in [0, 0.05) is 6.04 Å². The van der Waals surface area contributed by atoms with E-state index >= 15 is 0 Å². The van der Waals surface area contributed by atoms with Crippen molar-refractivity contribution in [2.45, 2.75) is 64.8 Å². The molecule has 0 saturated heterocycles. The monoisotopic (exact) mass is 222 g/mol. The molecule has 2 atom stereocenters. The predicted molar refractivity (Wildman–Crippen MR) is 68.1 cm³/mol. The molecule has 0 radical (unpaired) electrons. The van der Waals surface area contributed by atoms with Gasteiger partial charge in [0.15, 0.2) is 0 Å². The Morgan fingerprint density at radius 1 is 1.25 bits per heavy atom. The Kier molecular flexibility index (Phi) is 6.49. The highest BCUT2D eigenvalue weighted by Gasteiger charge is 2.23. The molecule has 2 heteroatoms. The summed E-state index contributed by atoms with van der Waals surface area (Å²) in [6, 6.07) is 2.92. The highest BCUT2D eigenvalue weighted by molar-refractivity contribution is 4.94. The molecule has 1 rings (SSSR count). The molecular formula is C14H26N2. The highest BCUT2D eigenvalue weighted by atomic mass is 14.9. The first-order valence-corrected chi connectivity index (χ1v) is 6.87. The van der Waals surface area contributed by atoms with Crippen molar-refractivity contribution in [3.05, 3.63) is 0 Å². The third-order valence-corrected chi connectivity index (χ3v) is 3.55. The summed E-state index contributed by atoms with van der Waals surface area (Å²) in [5.74, 6) is 1.08. The van der Waals surface area contributed by atoms with Gasteiger partial charge in [0.25, 0.3) is 0 Å². The third kappa shape index (κ3) is 4.99. The van der Waals surface area contributed by atoms with Crippen molar-refractivity contribution in [1.82, 2.24) is 5.32 Å². The van der Waals surface area contributed by atoms with E-state index in [4.69, 9.17) is 5.26 Å². The molecule has 1 aliphatic rings. The number of unbranched alkanes of at least 4 members (excludes halogenated alkanes) is 1. The maximum atomic E-state index is 9.05. The molecule has 92 valence electrons. The van der Waals surface area contributed by atoms with Crippen molar-refractivity contribution in [1.29, 1.82) is 5.26 Å². The quantitative estimate of drug-likeness (QED) is 0.698. The lowest BCUT2D eigenvalue weighted by atomic mass is 9.85. The molecule has 0 heterocycles. The molecule has 1 N–H and O–H groups in total. The van der Waals surface area contributed by atoms with Gasteiger partial charge in [-0.25, -0.2) is 0 Å². The lowest BCUT2D eigenvalue weighted by Crippen LogP contribution is -2.38. The van der Waals surface area contributed by atoms with Gasteiger partial charge in [0.1, 0.15) is 0 Å². The van der Waals surface area contributed by atoms with Gasteiger partial charge >= 0.3 is 0 Å². The summed E-state index contributed by atoms with van der Waals surface area (Å²) in [5.41, 5.74) is 0. The summed E-state index contributed by atoms with van der Waals surface area (Å²) in [5, 5.41) is 12.6. The van der Waals surface area contributed by atoms with E-state index in [2.05, 4.69) is 25.2 Å². The largest absolute Gasteiger partial charge is 0.313 e. The first kappa shape index (κ1) is 13.5. The fourth-order valence-corrected chi connectivity index (χ4v) is 2.49. The number of hydrogen-bond acceptors (Lipinski definition) is 2. The van der Waals surface area contributed by atoms with Crippen molar-refractivity contribution in [2.24, 2.45) is 11.8 Å². The van der Waals surface area contributed by atoms with Crippen molar-refractivity contribution < 1.29 is 0 Å². The summed E-state index contributed by atoms with van der Waals surface area (Å²) >= 11 is 0. The van der Waals surface area contributed by atoms with Crippen LogP contribution in [0.25, 0.3) is 0 Å². The summed E-state index contributed by atoms with van der Waals surface area (Å²) in [4.78, 5) is 0. The second kappa shape index (κ2) is 7.68. The van der Waals surface area contributed by atoms with Crippen LogP contribution in [-0.2, 0) is 0 Å². The van der Waals surface area contributed by atoms with Gasteiger partial charge in [0.05, 0.1) is 12.0 Å². The molecule has 0 spiro atoms. The van der Waals surface area contributed by atoms with Crippen LogP contribution in [-0.4, -0.2) is 12.6 Å². The standard InChI is InChI=1S/C14H26N2/c1-12(2)7-5-6-10-16-14-9-4-3-8-13(14)11-15/h12-14,16H,3-10H2,1-2H3. The van der Waals surface area contributed by atoms with Crippen molar-refractivity contribution >= 4 is 0 Å². The Balaban J connectivity index is 2.09. The number of nitrogens with one attached hydrogen (secondary N) is 1. The second-order valence-corrected chi connectivity index (χ2v) is 5.47. The van der Waals surface area contributed by atoms with E-state index in [9.17, 15) is 0 Å². The van der Waals surface area contributed by atoms with Gasteiger partial charge in [-0.1, -0.05) is 39.5 Å². The Hall–Kier alpha value is -0.550. The van der Waals surface area contributed by atoms with Crippen LogP contribution in [0.1, 0.15) is 58.8 Å². The lowest BCUT2D eigenvalue weighted by molar-refractivity contribution is 0.310. The van der Waals surface area contributed by atoms with Crippen LogP contribution < -0.4 is 5.32 Å². The Bertz CT molecular complexity index is 217. The topological polar surface area (TPSA) is 35.8 Å². The van der Waals surface area contributed by atoms with Gasteiger partial charge in [-0.2, -0.15) is 5.26 Å². The van der Waals surface area contributed by atoms with Crippen LogP contribution in [0.4, 0.5) is 0 Å². The molecule has 2 unspecified atom stereocenters. The second-order valence-electron chi connectivity index (χ2n) is 5.47. The summed E-state index contributed by atoms with van der Waals surface area (Å²) in [6.07, 6.45) is 8.73. The Morgan fingerprint density at radius 2 is 2.00 bits per heavy atom. The average Bonchev–Trinajstić information content (AvgIpc) is 2.29. The molecule has 0 amide bonds. The van der Waals surface area contributed by atoms with Crippen molar-refractivity contribution in [3.8, 4) is 6.07 Å². The van der Waals surface area contributed by atoms with Gasteiger partial charge < -0.3 is 5.32 Å². The first-order chi connectivity index (χ1) is 7.74. The SMILES string of the molecule is CC(C)CCCCNC1CCCCC1C#N. The maximum absolute atomic E-state index is 9.05. The molecule has 0 aromatic heterocycles. The number of rotatable bonds is 6. The van der Waals surface area contributed by atoms with Gasteiger partial charge in [-0.05, 0) is 31.7 Å². The summed E-state index contributed by atoms with van der Waals surface area (Å²) in [7, 11) is 0. The van der Waals surface area contributed by atoms with Crippen molar-refractivity contribution in [2.75, 3.05) is 6.54 Å². The Labute approximate surface area is 100 Å². The maximum Gasteiger partial charge on any atom is 0.0672 e. The Morgan fingerprint density at radius 3 is 2.69 bits per heavy atom. The van der Waals surface area contributed by atoms with Gasteiger partial charge in [-0.15, -0.1) is 0 Å². The molecule has 0 aromatic carbocycles. The van der Waals surface area contributed by atoms with Crippen LogP contribution in [0.3, 0.4) is 0 Å². The molecule has 1 saturated carbocycles. The minimum atomic E-state index is 0.263. The fraction of sp³-hybridized carbons (Fsp3) is 0.929. The van der Waals surface area contributed by atoms with Crippen LogP contribution in [0.15, 0.2) is 0 Å². The molecular weight excluding hydrogens is 196 g/mol. The average molecular weight is 222 g/mol. The number of hydrogen-bond donors (Lipinski definition) is 1. The zero-order chi connectivity index (χ0) is 11.8. The molecule has 16 heavy (non-hydrogen) atoms. The molecule has 1 aliphatic carbocycles. The van der Waals surface area contributed by atoms with Crippen molar-refractivity contribution in [3.63, 3.8) is 0 Å². The van der Waals surface area contributed by atoms with E-state index in [1.807, 2.05) is 0 Å². The van der Waals surface area contributed by atoms with E-state index in [1.165, 1.54) is 38.5 Å². The fourth-order valence-electron chi connectivity index (χ4n) is 2.49. The third-order valence-electron chi connectivity index (χ3n) is 3.55. The molecule has 0 aliphatic heterocycles. The smallest absolute Gasteiger partial charge is 0.0672 e. The van der Waals surface area contributed by atoms with E-state index in [0.717, 1.165) is 18.9 Å². The number of nitrogens with zero attached hydrogens (tertiary/aromatic N) is 1. The van der Waals surface area contributed by atoms with Gasteiger partial charge in [-0.3, -0.25) is 0 Å². The lowest BCUT2D eigenvalue weighted by Gasteiger charge is -2.27.